The van der Waals surface area contributed by atoms with Gasteiger partial charge in [-0.05, 0) is 5.56 Å². The lowest BCUT2D eigenvalue weighted by Crippen LogP contribution is -2.13. The highest BCUT2D eigenvalue weighted by Crippen LogP contribution is 2.29. The predicted molar refractivity (Wildman–Crippen MR) is 66.8 cm³/mol. The van der Waals surface area contributed by atoms with Crippen molar-refractivity contribution in [3.8, 4) is 11.4 Å². The average Bonchev–Trinajstić information content (AvgIpc) is 3.09. The van der Waals surface area contributed by atoms with Gasteiger partial charge in [0.15, 0.2) is 0 Å². The van der Waals surface area contributed by atoms with E-state index in [1.807, 2.05) is 0 Å². The number of alkyl halides is 3. The van der Waals surface area contributed by atoms with Crippen molar-refractivity contribution < 1.29 is 22.2 Å². The van der Waals surface area contributed by atoms with Crippen molar-refractivity contribution in [3.05, 3.63) is 58.4 Å². The minimum Gasteiger partial charge on any atom is -0.384 e. The van der Waals surface area contributed by atoms with Gasteiger partial charge in [0, 0.05) is 11.6 Å². The van der Waals surface area contributed by atoms with Crippen LogP contribution in [0.3, 0.4) is 0 Å². The van der Waals surface area contributed by atoms with Crippen LogP contribution in [0.4, 0.5) is 13.2 Å². The molecule has 0 aliphatic rings. The lowest BCUT2D eigenvalue weighted by atomic mass is 10.1. The molecule has 0 saturated carbocycles. The van der Waals surface area contributed by atoms with E-state index >= 15 is 0 Å². The summed E-state index contributed by atoms with van der Waals surface area (Å²) < 4.78 is 47.5. The van der Waals surface area contributed by atoms with Gasteiger partial charge in [0.1, 0.15) is 6.26 Å². The highest BCUT2D eigenvalue weighted by molar-refractivity contribution is 5.54. The fourth-order valence-corrected chi connectivity index (χ4v) is 1.79. The zero-order chi connectivity index (χ0) is 15.7. The van der Waals surface area contributed by atoms with Crippen LogP contribution in [-0.4, -0.2) is 14.9 Å². The van der Waals surface area contributed by atoms with Crippen LogP contribution in [-0.2, 0) is 12.7 Å². The Bertz CT molecular complexity index is 830. The van der Waals surface area contributed by atoms with Crippen LogP contribution in [0.5, 0.6) is 0 Å². The maximum absolute atomic E-state index is 12.4. The highest BCUT2D eigenvalue weighted by Gasteiger charge is 2.38. The number of nitrogens with zero attached hydrogens (tertiary/aromatic N) is 3. The second kappa shape index (κ2) is 5.17. The average molecular weight is 311 g/mol. The minimum absolute atomic E-state index is 0.158. The maximum atomic E-state index is 12.4. The lowest BCUT2D eigenvalue weighted by molar-refractivity contribution is -0.159. The Morgan fingerprint density at radius 3 is 2.41 bits per heavy atom. The fourth-order valence-electron chi connectivity index (χ4n) is 1.79. The van der Waals surface area contributed by atoms with Crippen LogP contribution in [0.1, 0.15) is 11.5 Å². The Kier molecular flexibility index (Phi) is 3.32. The number of rotatable bonds is 3. The molecule has 1 aromatic carbocycles. The molecule has 0 bridgehead atoms. The lowest BCUT2D eigenvalue weighted by Gasteiger charge is -2.01. The number of halogens is 3. The Morgan fingerprint density at radius 1 is 1.14 bits per heavy atom. The van der Waals surface area contributed by atoms with E-state index in [2.05, 4.69) is 14.7 Å². The largest absolute Gasteiger partial charge is 0.471 e. The molecule has 3 aromatic rings. The Balaban J connectivity index is 1.81. The molecule has 6 nitrogen and oxygen atoms in total. The molecule has 0 radical (unpaired) electrons. The van der Waals surface area contributed by atoms with E-state index in [1.54, 1.807) is 12.1 Å². The van der Waals surface area contributed by atoms with Crippen molar-refractivity contribution in [2.24, 2.45) is 0 Å². The standard InChI is InChI=1S/C13H8F3N3O3/c14-13(15,16)12-17-11(18-22-12)9-3-1-8(2-4-9)7-19-10(20)5-6-21-19/h1-6H,7H2. The molecular weight excluding hydrogens is 303 g/mol. The van der Waals surface area contributed by atoms with Crippen LogP contribution < -0.4 is 5.56 Å². The van der Waals surface area contributed by atoms with Gasteiger partial charge in [-0.2, -0.15) is 22.9 Å². The first-order valence-corrected chi connectivity index (χ1v) is 6.08. The third-order valence-corrected chi connectivity index (χ3v) is 2.85. The molecule has 22 heavy (non-hydrogen) atoms. The first-order valence-electron chi connectivity index (χ1n) is 6.08. The van der Waals surface area contributed by atoms with E-state index in [0.29, 0.717) is 5.56 Å². The van der Waals surface area contributed by atoms with Crippen molar-refractivity contribution in [2.75, 3.05) is 0 Å². The van der Waals surface area contributed by atoms with Gasteiger partial charge in [0.05, 0.1) is 6.54 Å². The zero-order valence-electron chi connectivity index (χ0n) is 10.9. The first-order chi connectivity index (χ1) is 10.4. The number of hydrogen-bond donors (Lipinski definition) is 0. The van der Waals surface area contributed by atoms with Gasteiger partial charge in [-0.15, -0.1) is 0 Å². The van der Waals surface area contributed by atoms with E-state index in [1.165, 1.54) is 24.5 Å². The summed E-state index contributed by atoms with van der Waals surface area (Å²) in [6.07, 6.45) is -3.40. The molecule has 0 fully saturated rings. The quantitative estimate of drug-likeness (QED) is 0.743. The normalized spacial score (nSPS) is 11.8. The van der Waals surface area contributed by atoms with Crippen LogP contribution in [0, 0.1) is 0 Å². The molecule has 0 N–H and O–H groups in total. The summed E-state index contributed by atoms with van der Waals surface area (Å²) in [6.45, 7) is 0.214. The molecule has 0 amide bonds. The van der Waals surface area contributed by atoms with Gasteiger partial charge in [0.2, 0.25) is 5.82 Å². The molecule has 0 unspecified atom stereocenters. The van der Waals surface area contributed by atoms with Crippen molar-refractivity contribution >= 4 is 0 Å². The monoisotopic (exact) mass is 311 g/mol. The van der Waals surface area contributed by atoms with Crippen LogP contribution in [0.15, 0.2) is 50.4 Å². The summed E-state index contributed by atoms with van der Waals surface area (Å²) >= 11 is 0. The Labute approximate surface area is 120 Å². The SMILES string of the molecule is O=c1ccon1Cc1ccc(-c2noc(C(F)(F)F)n2)cc1. The van der Waals surface area contributed by atoms with Gasteiger partial charge in [-0.25, -0.2) is 0 Å². The summed E-state index contributed by atoms with van der Waals surface area (Å²) in [5, 5.41) is 3.29. The van der Waals surface area contributed by atoms with Gasteiger partial charge in [0.25, 0.3) is 5.56 Å². The van der Waals surface area contributed by atoms with Gasteiger partial charge >= 0.3 is 12.1 Å². The molecular formula is C13H8F3N3O3. The molecule has 3 rings (SSSR count). The molecule has 0 aliphatic carbocycles. The first kappa shape index (κ1) is 14.1. The molecule has 114 valence electrons. The van der Waals surface area contributed by atoms with E-state index in [-0.39, 0.29) is 17.9 Å². The van der Waals surface area contributed by atoms with Crippen molar-refractivity contribution in [1.82, 2.24) is 14.9 Å². The van der Waals surface area contributed by atoms with E-state index < -0.39 is 12.1 Å². The zero-order valence-corrected chi connectivity index (χ0v) is 10.9. The van der Waals surface area contributed by atoms with Gasteiger partial charge in [-0.3, -0.25) is 4.79 Å². The third kappa shape index (κ3) is 2.78. The van der Waals surface area contributed by atoms with Crippen LogP contribution in [0.2, 0.25) is 0 Å². The second-order valence-electron chi connectivity index (χ2n) is 4.40. The summed E-state index contributed by atoms with van der Waals surface area (Å²) in [7, 11) is 0. The topological polar surface area (TPSA) is 74.1 Å². The number of benzene rings is 1. The minimum atomic E-state index is -4.67. The van der Waals surface area contributed by atoms with Crippen molar-refractivity contribution in [2.45, 2.75) is 12.7 Å². The highest BCUT2D eigenvalue weighted by atomic mass is 19.4. The summed E-state index contributed by atoms with van der Waals surface area (Å²) in [4.78, 5) is 14.6. The molecule has 9 heteroatoms. The number of aromatic nitrogens is 3. The number of hydrogen-bond acceptors (Lipinski definition) is 5. The molecule has 0 spiro atoms. The Morgan fingerprint density at radius 2 is 1.86 bits per heavy atom. The predicted octanol–water partition coefficient (Wildman–Crippen LogP) is 2.56. The second-order valence-corrected chi connectivity index (χ2v) is 4.40. The summed E-state index contributed by atoms with van der Waals surface area (Å²) in [5.41, 5.74) is 0.826. The molecule has 0 atom stereocenters. The van der Waals surface area contributed by atoms with E-state index in [0.717, 1.165) is 10.3 Å². The molecule has 0 saturated heterocycles. The summed E-state index contributed by atoms with van der Waals surface area (Å²) in [5.74, 6) is -1.55. The smallest absolute Gasteiger partial charge is 0.384 e. The van der Waals surface area contributed by atoms with E-state index in [4.69, 9.17) is 4.52 Å². The van der Waals surface area contributed by atoms with Crippen molar-refractivity contribution in [1.29, 1.82) is 0 Å². The van der Waals surface area contributed by atoms with E-state index in [9.17, 15) is 18.0 Å². The fraction of sp³-hybridized carbons (Fsp3) is 0.154. The summed E-state index contributed by atoms with van der Waals surface area (Å²) in [6, 6.07) is 7.62. The molecule has 2 aromatic heterocycles. The molecule has 2 heterocycles. The Hall–Kier alpha value is -2.84. The van der Waals surface area contributed by atoms with Crippen molar-refractivity contribution in [3.63, 3.8) is 0 Å². The van der Waals surface area contributed by atoms with Crippen LogP contribution >= 0.6 is 0 Å². The molecule has 0 aliphatic heterocycles. The van der Waals surface area contributed by atoms with Crippen LogP contribution in [0.25, 0.3) is 11.4 Å². The van der Waals surface area contributed by atoms with Gasteiger partial charge in [-0.1, -0.05) is 29.4 Å². The maximum Gasteiger partial charge on any atom is 0.471 e. The third-order valence-electron chi connectivity index (χ3n) is 2.85. The van der Waals surface area contributed by atoms with Gasteiger partial charge < -0.3 is 9.05 Å².